The fourth-order valence-corrected chi connectivity index (χ4v) is 2.72. The van der Waals surface area contributed by atoms with Gasteiger partial charge in [-0.3, -0.25) is 4.90 Å². The summed E-state index contributed by atoms with van der Waals surface area (Å²) in [5.41, 5.74) is 6.47. The van der Waals surface area contributed by atoms with Gasteiger partial charge >= 0.3 is 0 Å². The van der Waals surface area contributed by atoms with Crippen molar-refractivity contribution < 1.29 is 0 Å². The van der Waals surface area contributed by atoms with E-state index in [0.717, 1.165) is 31.7 Å². The predicted octanol–water partition coefficient (Wildman–Crippen LogP) is 1.83. The van der Waals surface area contributed by atoms with Crippen LogP contribution in [-0.2, 0) is 6.54 Å². The number of nitrogens with two attached hydrogens (primary N) is 1. The topological polar surface area (TPSA) is 32.5 Å². The van der Waals surface area contributed by atoms with E-state index in [0.29, 0.717) is 6.54 Å². The van der Waals surface area contributed by atoms with Crippen molar-refractivity contribution in [2.24, 2.45) is 5.73 Å². The van der Waals surface area contributed by atoms with Crippen molar-refractivity contribution in [3.63, 3.8) is 0 Å². The van der Waals surface area contributed by atoms with Crippen LogP contribution in [0.3, 0.4) is 0 Å². The molecule has 0 aromatic carbocycles. The summed E-state index contributed by atoms with van der Waals surface area (Å²) in [4.78, 5) is 6.10. The molecule has 106 valence electrons. The highest BCUT2D eigenvalue weighted by atomic mass is 32.1. The molecule has 0 saturated carbocycles. The zero-order valence-corrected chi connectivity index (χ0v) is 13.1. The molecule has 2 N–H and O–H groups in total. The summed E-state index contributed by atoms with van der Waals surface area (Å²) in [5, 5.41) is 2.12. The van der Waals surface area contributed by atoms with Crippen LogP contribution in [0.25, 0.3) is 0 Å². The Morgan fingerprint density at radius 3 is 2.74 bits per heavy atom. The maximum Gasteiger partial charge on any atom is 0.0555 e. The monoisotopic (exact) mass is 279 g/mol. The molecule has 0 fully saturated rings. The molecule has 0 atom stereocenters. The third-order valence-corrected chi connectivity index (χ3v) is 3.82. The summed E-state index contributed by atoms with van der Waals surface area (Å²) in [6, 6.07) is 2.18. The zero-order chi connectivity index (χ0) is 14.1. The van der Waals surface area contributed by atoms with E-state index in [1.165, 1.54) is 11.3 Å². The van der Waals surface area contributed by atoms with Crippen molar-refractivity contribution in [1.29, 1.82) is 0 Å². The van der Waals surface area contributed by atoms with Gasteiger partial charge in [-0.1, -0.05) is 18.8 Å². The van der Waals surface area contributed by atoms with Gasteiger partial charge in [-0.25, -0.2) is 0 Å². The number of hydrogen-bond acceptors (Lipinski definition) is 4. The first-order valence-electron chi connectivity index (χ1n) is 6.79. The molecule has 4 heteroatoms. The normalized spacial score (nSPS) is 10.8. The lowest BCUT2D eigenvalue weighted by atomic mass is 10.3. The molecule has 1 aromatic heterocycles. The van der Waals surface area contributed by atoms with Gasteiger partial charge in [-0.2, -0.15) is 0 Å². The van der Waals surface area contributed by atoms with Crippen LogP contribution in [0.15, 0.2) is 11.4 Å². The van der Waals surface area contributed by atoms with Gasteiger partial charge in [0, 0.05) is 22.4 Å². The quantitative estimate of drug-likeness (QED) is 0.773. The molecule has 0 aliphatic rings. The van der Waals surface area contributed by atoms with Crippen molar-refractivity contribution in [3.8, 4) is 11.8 Å². The molecule has 1 aromatic rings. The minimum Gasteiger partial charge on any atom is -0.320 e. The molecule has 0 bridgehead atoms. The first-order valence-corrected chi connectivity index (χ1v) is 7.67. The highest BCUT2D eigenvalue weighted by Crippen LogP contribution is 2.16. The Balaban J connectivity index is 2.44. The molecule has 19 heavy (non-hydrogen) atoms. The first kappa shape index (κ1) is 16.2. The maximum absolute atomic E-state index is 5.38. The molecule has 0 unspecified atom stereocenters. The molecule has 0 amide bonds. The Labute approximate surface area is 121 Å². The average Bonchev–Trinajstić information content (AvgIpc) is 2.82. The average molecular weight is 279 g/mol. The minimum absolute atomic E-state index is 0.427. The third kappa shape index (κ3) is 6.74. The largest absolute Gasteiger partial charge is 0.320 e. The van der Waals surface area contributed by atoms with E-state index in [1.54, 1.807) is 11.3 Å². The molecule has 0 aliphatic carbocycles. The Kier molecular flexibility index (Phi) is 7.76. The standard InChI is InChI=1S/C15H25N3S/c1-4-18(10-6-9-17(2)3)12-15-11-14(13-19-15)7-5-8-16/h11,13H,4,6,8-10,12,16H2,1-3H3. The molecule has 3 nitrogen and oxygen atoms in total. The van der Waals surface area contributed by atoms with Gasteiger partial charge in [-0.15, -0.1) is 11.3 Å². The molecule has 0 aliphatic heterocycles. The summed E-state index contributed by atoms with van der Waals surface area (Å²) < 4.78 is 0. The fourth-order valence-electron chi connectivity index (χ4n) is 1.86. The van der Waals surface area contributed by atoms with Crippen molar-refractivity contribution in [1.82, 2.24) is 9.80 Å². The molecule has 1 rings (SSSR count). The fraction of sp³-hybridized carbons (Fsp3) is 0.600. The number of hydrogen-bond donors (Lipinski definition) is 1. The Morgan fingerprint density at radius 1 is 1.32 bits per heavy atom. The van der Waals surface area contributed by atoms with E-state index in [-0.39, 0.29) is 0 Å². The van der Waals surface area contributed by atoms with E-state index in [1.807, 2.05) is 0 Å². The van der Waals surface area contributed by atoms with Crippen molar-refractivity contribution >= 4 is 11.3 Å². The van der Waals surface area contributed by atoms with Crippen LogP contribution in [-0.4, -0.2) is 50.1 Å². The lowest BCUT2D eigenvalue weighted by Crippen LogP contribution is -2.26. The molecular weight excluding hydrogens is 254 g/mol. The van der Waals surface area contributed by atoms with Crippen molar-refractivity contribution in [3.05, 3.63) is 21.9 Å². The second-order valence-corrected chi connectivity index (χ2v) is 5.83. The van der Waals surface area contributed by atoms with E-state index >= 15 is 0 Å². The predicted molar refractivity (Wildman–Crippen MR) is 84.4 cm³/mol. The minimum atomic E-state index is 0.427. The second-order valence-electron chi connectivity index (χ2n) is 4.83. The Morgan fingerprint density at radius 2 is 2.11 bits per heavy atom. The summed E-state index contributed by atoms with van der Waals surface area (Å²) in [5.74, 6) is 5.98. The lowest BCUT2D eigenvalue weighted by molar-refractivity contribution is 0.261. The van der Waals surface area contributed by atoms with Gasteiger partial charge in [0.05, 0.1) is 6.54 Å². The number of rotatable bonds is 7. The van der Waals surface area contributed by atoms with E-state index < -0.39 is 0 Å². The van der Waals surface area contributed by atoms with E-state index in [2.05, 4.69) is 54.1 Å². The Hall–Kier alpha value is -0.860. The number of nitrogens with zero attached hydrogens (tertiary/aromatic N) is 2. The van der Waals surface area contributed by atoms with Crippen LogP contribution >= 0.6 is 11.3 Å². The SMILES string of the molecule is CCN(CCCN(C)C)Cc1cc(C#CCN)cs1. The molecule has 0 spiro atoms. The van der Waals surface area contributed by atoms with E-state index in [4.69, 9.17) is 5.73 Å². The van der Waals surface area contributed by atoms with Gasteiger partial charge in [0.15, 0.2) is 0 Å². The highest BCUT2D eigenvalue weighted by molar-refractivity contribution is 7.10. The second kappa shape index (κ2) is 9.11. The summed E-state index contributed by atoms with van der Waals surface area (Å²) in [7, 11) is 4.25. The van der Waals surface area contributed by atoms with E-state index in [9.17, 15) is 0 Å². The van der Waals surface area contributed by atoms with Gasteiger partial charge in [0.25, 0.3) is 0 Å². The van der Waals surface area contributed by atoms with Crippen LogP contribution in [0.4, 0.5) is 0 Å². The maximum atomic E-state index is 5.38. The summed E-state index contributed by atoms with van der Waals surface area (Å²) in [6.45, 7) is 7.06. The van der Waals surface area contributed by atoms with Crippen molar-refractivity contribution in [2.75, 3.05) is 40.3 Å². The lowest BCUT2D eigenvalue weighted by Gasteiger charge is -2.20. The zero-order valence-electron chi connectivity index (χ0n) is 12.3. The smallest absolute Gasteiger partial charge is 0.0555 e. The van der Waals surface area contributed by atoms with Gasteiger partial charge in [0.1, 0.15) is 0 Å². The Bertz CT molecular complexity index is 415. The van der Waals surface area contributed by atoms with Crippen molar-refractivity contribution in [2.45, 2.75) is 19.9 Å². The summed E-state index contributed by atoms with van der Waals surface area (Å²) >= 11 is 1.79. The summed E-state index contributed by atoms with van der Waals surface area (Å²) in [6.07, 6.45) is 1.21. The molecule has 0 radical (unpaired) electrons. The number of thiophene rings is 1. The molecular formula is C15H25N3S. The van der Waals surface area contributed by atoms with Crippen LogP contribution in [0.2, 0.25) is 0 Å². The highest BCUT2D eigenvalue weighted by Gasteiger charge is 2.06. The van der Waals surface area contributed by atoms with Crippen LogP contribution in [0.5, 0.6) is 0 Å². The first-order chi connectivity index (χ1) is 9.15. The van der Waals surface area contributed by atoms with Gasteiger partial charge < -0.3 is 10.6 Å². The van der Waals surface area contributed by atoms with Crippen LogP contribution < -0.4 is 5.73 Å². The van der Waals surface area contributed by atoms with Gasteiger partial charge in [-0.05, 0) is 46.2 Å². The third-order valence-electron chi connectivity index (χ3n) is 2.89. The van der Waals surface area contributed by atoms with Crippen LogP contribution in [0.1, 0.15) is 23.8 Å². The van der Waals surface area contributed by atoms with Gasteiger partial charge in [0.2, 0.25) is 0 Å². The molecule has 1 heterocycles. The van der Waals surface area contributed by atoms with Crippen LogP contribution in [0, 0.1) is 11.8 Å². The molecule has 0 saturated heterocycles.